The first-order valence-electron chi connectivity index (χ1n) is 8.38. The van der Waals surface area contributed by atoms with Crippen LogP contribution in [0.4, 0.5) is 0 Å². The van der Waals surface area contributed by atoms with Crippen molar-refractivity contribution in [2.75, 3.05) is 0 Å². The Morgan fingerprint density at radius 2 is 1.38 bits per heavy atom. The first kappa shape index (κ1) is 14.7. The molecular formula is C21H17N3O2. The molecule has 2 amide bonds. The molecule has 3 N–H and O–H groups in total. The summed E-state index contributed by atoms with van der Waals surface area (Å²) in [5, 5.41) is 4.30. The maximum Gasteiger partial charge on any atom is 0.259 e. The first-order valence-corrected chi connectivity index (χ1v) is 8.38. The third-order valence-electron chi connectivity index (χ3n) is 4.90. The van der Waals surface area contributed by atoms with Gasteiger partial charge in [-0.05, 0) is 24.6 Å². The Morgan fingerprint density at radius 3 is 2.12 bits per heavy atom. The number of aromatic amines is 2. The lowest BCUT2D eigenvalue weighted by Gasteiger charge is -2.03. The quantitative estimate of drug-likeness (QED) is 0.485. The molecule has 26 heavy (non-hydrogen) atoms. The molecule has 5 heteroatoms. The number of aromatic nitrogens is 2. The molecule has 0 saturated carbocycles. The van der Waals surface area contributed by atoms with E-state index >= 15 is 0 Å². The lowest BCUT2D eigenvalue weighted by atomic mass is 9.95. The number of nitrogens with one attached hydrogen (secondary N) is 3. The highest BCUT2D eigenvalue weighted by Crippen LogP contribution is 2.37. The molecule has 128 valence electrons. The number of para-hydroxylation sites is 1. The van der Waals surface area contributed by atoms with Gasteiger partial charge < -0.3 is 9.97 Å². The Bertz CT molecular complexity index is 1260. The summed E-state index contributed by atoms with van der Waals surface area (Å²) in [6, 6.07) is 13.7. The molecule has 1 aliphatic rings. The highest BCUT2D eigenvalue weighted by molar-refractivity contribution is 6.50. The number of hydrogen-bond acceptors (Lipinski definition) is 2. The lowest BCUT2D eigenvalue weighted by molar-refractivity contribution is -0.122. The summed E-state index contributed by atoms with van der Waals surface area (Å²) in [5.41, 5.74) is 5.30. The number of aryl methyl sites for hydroxylation is 1. The van der Waals surface area contributed by atoms with Crippen molar-refractivity contribution in [2.45, 2.75) is 6.92 Å². The van der Waals surface area contributed by atoms with E-state index in [2.05, 4.69) is 15.3 Å². The van der Waals surface area contributed by atoms with Gasteiger partial charge in [0.05, 0.1) is 11.1 Å². The Labute approximate surface area is 150 Å². The van der Waals surface area contributed by atoms with Crippen molar-refractivity contribution in [2.24, 2.45) is 0 Å². The van der Waals surface area contributed by atoms with Crippen LogP contribution in [-0.4, -0.2) is 21.8 Å². The Hall–Kier alpha value is -3.60. The van der Waals surface area contributed by atoms with E-state index in [-0.39, 0.29) is 13.2 Å². The van der Waals surface area contributed by atoms with Crippen molar-refractivity contribution < 1.29 is 11.0 Å². The summed E-state index contributed by atoms with van der Waals surface area (Å²) in [6.07, 6.45) is 3.59. The topological polar surface area (TPSA) is 77.8 Å². The van der Waals surface area contributed by atoms with Crippen molar-refractivity contribution in [1.29, 1.82) is 0 Å². The van der Waals surface area contributed by atoms with Crippen LogP contribution in [0, 0.1) is 6.92 Å². The summed E-state index contributed by atoms with van der Waals surface area (Å²) < 4.78 is 0. The Kier molecular flexibility index (Phi) is 2.94. The first-order chi connectivity index (χ1) is 12.6. The van der Waals surface area contributed by atoms with Gasteiger partial charge in [0, 0.05) is 46.8 Å². The second-order valence-corrected chi connectivity index (χ2v) is 6.53. The number of fused-ring (bicyclic) bond motifs is 2. The normalized spacial score (nSPS) is 14.7. The number of H-pyrrole nitrogens is 2. The molecular weight excluding hydrogens is 326 g/mol. The van der Waals surface area contributed by atoms with E-state index < -0.39 is 0 Å². The van der Waals surface area contributed by atoms with Gasteiger partial charge in [0.1, 0.15) is 0 Å². The Balaban J connectivity index is 0.00000180. The maximum atomic E-state index is 12.6. The fourth-order valence-electron chi connectivity index (χ4n) is 3.69. The average molecular weight is 343 g/mol. The zero-order chi connectivity index (χ0) is 17.8. The van der Waals surface area contributed by atoms with Crippen LogP contribution in [0.5, 0.6) is 0 Å². The minimum atomic E-state index is -0.365. The molecule has 0 fully saturated rings. The van der Waals surface area contributed by atoms with Gasteiger partial charge in [-0.15, -0.1) is 0 Å². The van der Waals surface area contributed by atoms with Crippen LogP contribution in [0.25, 0.3) is 33.0 Å². The van der Waals surface area contributed by atoms with E-state index in [0.29, 0.717) is 11.1 Å². The number of rotatable bonds is 2. The molecule has 0 radical (unpaired) electrons. The Morgan fingerprint density at radius 1 is 0.769 bits per heavy atom. The predicted octanol–water partition coefficient (Wildman–Crippen LogP) is 3.77. The molecule has 4 aromatic rings. The van der Waals surface area contributed by atoms with Crippen LogP contribution in [0.1, 0.15) is 18.1 Å². The van der Waals surface area contributed by atoms with Gasteiger partial charge in [-0.3, -0.25) is 14.9 Å². The molecule has 2 aromatic carbocycles. The van der Waals surface area contributed by atoms with Crippen molar-refractivity contribution in [3.05, 3.63) is 71.5 Å². The molecule has 5 nitrogen and oxygen atoms in total. The van der Waals surface area contributed by atoms with Gasteiger partial charge >= 0.3 is 0 Å². The van der Waals surface area contributed by atoms with E-state index in [1.807, 2.05) is 49.4 Å². The standard InChI is InChI=1S/C21H15N3O2.H2/c1-11-6-7-13-15(10-23-17(13)8-11)19-18(20(25)24-21(19)26)14-9-22-16-5-3-2-4-12(14)16;/h2-10,22-23H,1H3,(H,24,25,26);1H. The third-order valence-corrected chi connectivity index (χ3v) is 4.90. The summed E-state index contributed by atoms with van der Waals surface area (Å²) in [7, 11) is 0. The monoisotopic (exact) mass is 343 g/mol. The van der Waals surface area contributed by atoms with Gasteiger partial charge in [-0.1, -0.05) is 30.3 Å². The van der Waals surface area contributed by atoms with Crippen molar-refractivity contribution in [3.63, 3.8) is 0 Å². The predicted molar refractivity (Wildman–Crippen MR) is 103 cm³/mol. The summed E-state index contributed by atoms with van der Waals surface area (Å²) in [4.78, 5) is 31.6. The number of carbonyl (C=O) groups is 2. The smallest absolute Gasteiger partial charge is 0.259 e. The molecule has 5 rings (SSSR count). The van der Waals surface area contributed by atoms with Gasteiger partial charge in [0.15, 0.2) is 0 Å². The van der Waals surface area contributed by atoms with Crippen LogP contribution in [0.3, 0.4) is 0 Å². The molecule has 1 aliphatic heterocycles. The SMILES string of the molecule is Cc1ccc2c(C3=C(c4c[nH]c5ccccc45)C(=O)NC3=O)c[nH]c2c1.[HH]. The summed E-state index contributed by atoms with van der Waals surface area (Å²) in [5.74, 6) is -0.729. The fraction of sp³-hybridized carbons (Fsp3) is 0.0476. The minimum Gasteiger partial charge on any atom is -0.361 e. The molecule has 0 spiro atoms. The summed E-state index contributed by atoms with van der Waals surface area (Å²) >= 11 is 0. The highest BCUT2D eigenvalue weighted by atomic mass is 16.2. The van der Waals surface area contributed by atoms with Crippen LogP contribution >= 0.6 is 0 Å². The zero-order valence-corrected chi connectivity index (χ0v) is 14.0. The maximum absolute atomic E-state index is 12.6. The zero-order valence-electron chi connectivity index (χ0n) is 14.0. The minimum absolute atomic E-state index is 0. The lowest BCUT2D eigenvalue weighted by Crippen LogP contribution is -2.22. The van der Waals surface area contributed by atoms with Crippen molar-refractivity contribution >= 4 is 44.8 Å². The second kappa shape index (κ2) is 5.20. The van der Waals surface area contributed by atoms with Crippen LogP contribution in [-0.2, 0) is 9.59 Å². The van der Waals surface area contributed by atoms with E-state index in [0.717, 1.165) is 38.5 Å². The van der Waals surface area contributed by atoms with Gasteiger partial charge in [-0.2, -0.15) is 0 Å². The third kappa shape index (κ3) is 1.97. The largest absolute Gasteiger partial charge is 0.361 e. The van der Waals surface area contributed by atoms with Crippen LogP contribution < -0.4 is 5.32 Å². The number of hydrogen-bond donors (Lipinski definition) is 3. The second-order valence-electron chi connectivity index (χ2n) is 6.53. The molecule has 0 saturated heterocycles. The molecule has 0 bridgehead atoms. The fourth-order valence-corrected chi connectivity index (χ4v) is 3.69. The molecule has 0 unspecified atom stereocenters. The van der Waals surface area contributed by atoms with Gasteiger partial charge in [-0.25, -0.2) is 0 Å². The number of carbonyl (C=O) groups excluding carboxylic acids is 2. The van der Waals surface area contributed by atoms with Gasteiger partial charge in [0.2, 0.25) is 0 Å². The van der Waals surface area contributed by atoms with E-state index in [9.17, 15) is 9.59 Å². The molecule has 0 atom stereocenters. The van der Waals surface area contributed by atoms with E-state index in [1.54, 1.807) is 12.4 Å². The molecule has 3 heterocycles. The average Bonchev–Trinajstić information content (AvgIpc) is 3.29. The van der Waals surface area contributed by atoms with Gasteiger partial charge in [0.25, 0.3) is 11.8 Å². The molecule has 0 aliphatic carbocycles. The number of amides is 2. The number of benzene rings is 2. The van der Waals surface area contributed by atoms with E-state index in [1.165, 1.54) is 0 Å². The van der Waals surface area contributed by atoms with E-state index in [4.69, 9.17) is 0 Å². The highest BCUT2D eigenvalue weighted by Gasteiger charge is 2.34. The van der Waals surface area contributed by atoms with Crippen molar-refractivity contribution in [3.8, 4) is 0 Å². The van der Waals surface area contributed by atoms with Crippen LogP contribution in [0.15, 0.2) is 54.9 Å². The number of imide groups is 1. The summed E-state index contributed by atoms with van der Waals surface area (Å²) in [6.45, 7) is 2.02. The molecule has 2 aromatic heterocycles. The van der Waals surface area contributed by atoms with Crippen LogP contribution in [0.2, 0.25) is 0 Å². The van der Waals surface area contributed by atoms with Crippen molar-refractivity contribution in [1.82, 2.24) is 15.3 Å².